The minimum absolute atomic E-state index is 0.263. The van der Waals surface area contributed by atoms with Crippen LogP contribution in [0.4, 0.5) is 17.1 Å². The van der Waals surface area contributed by atoms with Gasteiger partial charge in [-0.25, -0.2) is 0 Å². The second-order valence-electron chi connectivity index (χ2n) is 17.7. The van der Waals surface area contributed by atoms with Crippen molar-refractivity contribution in [3.8, 4) is 33.4 Å². The predicted octanol–water partition coefficient (Wildman–Crippen LogP) is 13.4. The molecule has 0 N–H and O–H groups in total. The van der Waals surface area contributed by atoms with Gasteiger partial charge in [0.25, 0.3) is 0 Å². The van der Waals surface area contributed by atoms with Crippen molar-refractivity contribution in [2.24, 2.45) is 0 Å². The van der Waals surface area contributed by atoms with E-state index in [1.165, 1.54) is 70.8 Å². The first-order valence-electron chi connectivity index (χ1n) is 22.6. The summed E-state index contributed by atoms with van der Waals surface area (Å²) in [5, 5.41) is 7.85. The molecule has 2 nitrogen and oxygen atoms in total. The molecule has 13 rings (SSSR count). The Labute approximate surface area is 380 Å². The van der Waals surface area contributed by atoms with E-state index in [-0.39, 0.29) is 5.41 Å². The zero-order valence-electron chi connectivity index (χ0n) is 35.9. The molecule has 0 fully saturated rings. The van der Waals surface area contributed by atoms with E-state index in [2.05, 4.69) is 248 Å². The first-order valence-corrected chi connectivity index (χ1v) is 24.6. The summed E-state index contributed by atoms with van der Waals surface area (Å²) >= 11 is 0. The predicted molar refractivity (Wildman–Crippen MR) is 274 cm³/mol. The van der Waals surface area contributed by atoms with Crippen LogP contribution in [0.1, 0.15) is 23.6 Å². The zero-order valence-corrected chi connectivity index (χ0v) is 36.9. The van der Waals surface area contributed by atoms with Gasteiger partial charge in [-0.3, -0.25) is 0 Å². The lowest BCUT2D eigenvalue weighted by Crippen LogP contribution is -2.72. The van der Waals surface area contributed by atoms with Gasteiger partial charge in [0.2, 0.25) is 0 Å². The van der Waals surface area contributed by atoms with Gasteiger partial charge in [-0.2, -0.15) is 0 Å². The number of rotatable bonds is 7. The molecule has 2 aliphatic rings. The van der Waals surface area contributed by atoms with Gasteiger partial charge >= 0.3 is 0 Å². The number of hydrogen-bond acceptors (Lipinski definition) is 2. The van der Waals surface area contributed by atoms with E-state index in [1.54, 1.807) is 0 Å². The van der Waals surface area contributed by atoms with Crippen LogP contribution in [0.3, 0.4) is 0 Å². The summed E-state index contributed by atoms with van der Waals surface area (Å²) in [6.07, 6.45) is 0. The Hall–Kier alpha value is -7.98. The van der Waals surface area contributed by atoms with Crippen LogP contribution in [-0.2, 0) is 5.41 Å². The molecule has 11 aromatic rings. The van der Waals surface area contributed by atoms with E-state index < -0.39 is 8.07 Å². The number of nitrogens with zero attached hydrogens (tertiary/aromatic N) is 1. The number of fused-ring (bicyclic) bond motifs is 9. The number of benzene rings is 10. The molecule has 0 saturated heterocycles. The second-order valence-corrected chi connectivity index (χ2v) is 21.4. The van der Waals surface area contributed by atoms with Gasteiger partial charge in [0.15, 0.2) is 8.07 Å². The fourth-order valence-electron chi connectivity index (χ4n) is 11.5. The van der Waals surface area contributed by atoms with Gasteiger partial charge in [-0.1, -0.05) is 188 Å². The Morgan fingerprint density at radius 1 is 0.369 bits per heavy atom. The second kappa shape index (κ2) is 14.5. The third kappa shape index (κ3) is 5.52. The summed E-state index contributed by atoms with van der Waals surface area (Å²) in [6, 6.07) is 89.9. The van der Waals surface area contributed by atoms with E-state index in [1.807, 2.05) is 6.07 Å². The van der Waals surface area contributed by atoms with Gasteiger partial charge in [-0.15, -0.1) is 0 Å². The first kappa shape index (κ1) is 37.6. The summed E-state index contributed by atoms with van der Waals surface area (Å²) in [5.74, 6) is 0. The van der Waals surface area contributed by atoms with Gasteiger partial charge < -0.3 is 9.32 Å². The summed E-state index contributed by atoms with van der Waals surface area (Å²) < 4.78 is 6.53. The Bertz CT molecular complexity index is 3550. The molecule has 0 radical (unpaired) electrons. The van der Waals surface area contributed by atoms with Crippen LogP contribution < -0.4 is 25.6 Å². The maximum absolute atomic E-state index is 6.53. The monoisotopic (exact) mass is 845 g/mol. The molecular weight excluding hydrogens is 803 g/mol. The molecule has 10 aromatic carbocycles. The maximum atomic E-state index is 6.53. The SMILES string of the molecule is CC1(c2cccc(-c3ccc(N(c4cccc([Si]5(c6ccccc6)c6ccccc6-c6ccccc65)c4)c4ccc5c(c4)oc4ccccc45)cc3)c2)c2ccccc2-c2ccccc21. The topological polar surface area (TPSA) is 16.4 Å². The van der Waals surface area contributed by atoms with Gasteiger partial charge in [0, 0.05) is 39.3 Å². The lowest BCUT2D eigenvalue weighted by Gasteiger charge is -2.33. The third-order valence-electron chi connectivity index (χ3n) is 14.4. The molecule has 2 heterocycles. The molecule has 1 aromatic heterocycles. The van der Waals surface area contributed by atoms with Crippen molar-refractivity contribution in [1.82, 2.24) is 0 Å². The normalized spacial score (nSPS) is 13.9. The molecule has 1 aliphatic carbocycles. The van der Waals surface area contributed by atoms with Gasteiger partial charge in [0.1, 0.15) is 11.2 Å². The van der Waals surface area contributed by atoms with Crippen LogP contribution in [0.5, 0.6) is 0 Å². The van der Waals surface area contributed by atoms with Crippen LogP contribution in [0.2, 0.25) is 0 Å². The van der Waals surface area contributed by atoms with Crippen LogP contribution in [-0.4, -0.2) is 8.07 Å². The lowest BCUT2D eigenvalue weighted by molar-refractivity contribution is 0.669. The van der Waals surface area contributed by atoms with E-state index in [9.17, 15) is 0 Å². The van der Waals surface area contributed by atoms with Crippen molar-refractivity contribution in [3.05, 3.63) is 259 Å². The Morgan fingerprint density at radius 2 is 0.923 bits per heavy atom. The molecule has 0 unspecified atom stereocenters. The molecule has 0 atom stereocenters. The highest BCUT2D eigenvalue weighted by Gasteiger charge is 2.48. The van der Waals surface area contributed by atoms with Crippen molar-refractivity contribution in [2.75, 3.05) is 4.90 Å². The highest BCUT2D eigenvalue weighted by molar-refractivity contribution is 7.22. The highest BCUT2D eigenvalue weighted by Crippen LogP contribution is 2.52. The Kier molecular flexibility index (Phi) is 8.40. The molecule has 65 heavy (non-hydrogen) atoms. The average molecular weight is 846 g/mol. The summed E-state index contributed by atoms with van der Waals surface area (Å²) in [6.45, 7) is 2.39. The fraction of sp³-hybridized carbons (Fsp3) is 0.0323. The first-order chi connectivity index (χ1) is 32.1. The van der Waals surface area contributed by atoms with Crippen molar-refractivity contribution in [2.45, 2.75) is 12.3 Å². The average Bonchev–Trinajstić information content (AvgIpc) is 3.99. The summed E-state index contributed by atoms with van der Waals surface area (Å²) in [7, 11) is -2.74. The highest BCUT2D eigenvalue weighted by atomic mass is 28.3. The van der Waals surface area contributed by atoms with Crippen LogP contribution in [0.25, 0.3) is 55.3 Å². The molecule has 0 bridgehead atoms. The third-order valence-corrected chi connectivity index (χ3v) is 19.3. The molecule has 0 saturated carbocycles. The molecule has 1 aliphatic heterocycles. The molecule has 306 valence electrons. The van der Waals surface area contributed by atoms with E-state index in [0.717, 1.165) is 39.0 Å². The summed E-state index contributed by atoms with van der Waals surface area (Å²) in [5.41, 5.74) is 16.4. The van der Waals surface area contributed by atoms with Crippen molar-refractivity contribution >= 4 is 67.8 Å². The van der Waals surface area contributed by atoms with Crippen LogP contribution in [0, 0.1) is 0 Å². The molecular formula is C62H43NOSi. The number of anilines is 3. The van der Waals surface area contributed by atoms with Gasteiger partial charge in [0.05, 0.1) is 0 Å². The minimum Gasteiger partial charge on any atom is -0.456 e. The molecule has 3 heteroatoms. The standard InChI is InChI=1S/C62H43NOSi/c1-62(56-28-10-5-23-50(56)51-24-6-11-29-57(51)62)44-18-15-17-43(39-44)42-33-35-45(36-34-42)63(47-37-38-53-52-25-7-12-30-58(52)64-59(53)41-47)46-19-16-22-49(40-46)65(48-20-3-2-4-21-48)60-31-13-8-26-54(60)55-27-9-14-32-61(55)65/h2-41H,1H3. The largest absolute Gasteiger partial charge is 0.456 e. The van der Waals surface area contributed by atoms with Crippen molar-refractivity contribution in [3.63, 3.8) is 0 Å². The molecule has 0 amide bonds. The maximum Gasteiger partial charge on any atom is 0.180 e. The van der Waals surface area contributed by atoms with Crippen LogP contribution >= 0.6 is 0 Å². The number of hydrogen-bond donors (Lipinski definition) is 0. The number of para-hydroxylation sites is 1. The smallest absolute Gasteiger partial charge is 0.180 e. The molecule has 0 spiro atoms. The fourth-order valence-corrected chi connectivity index (χ4v) is 16.7. The zero-order chi connectivity index (χ0) is 43.1. The van der Waals surface area contributed by atoms with Crippen molar-refractivity contribution in [1.29, 1.82) is 0 Å². The van der Waals surface area contributed by atoms with E-state index >= 15 is 0 Å². The number of furan rings is 1. The lowest BCUT2D eigenvalue weighted by atomic mass is 9.74. The van der Waals surface area contributed by atoms with Crippen LogP contribution in [0.15, 0.2) is 247 Å². The van der Waals surface area contributed by atoms with Crippen molar-refractivity contribution < 1.29 is 4.42 Å². The minimum atomic E-state index is -2.74. The van der Waals surface area contributed by atoms with Gasteiger partial charge in [-0.05, 0) is 126 Å². The quantitative estimate of drug-likeness (QED) is 0.149. The summed E-state index contributed by atoms with van der Waals surface area (Å²) in [4.78, 5) is 2.41. The Morgan fingerprint density at radius 3 is 1.65 bits per heavy atom. The Balaban J connectivity index is 0.966. The van der Waals surface area contributed by atoms with E-state index in [0.29, 0.717) is 0 Å². The van der Waals surface area contributed by atoms with E-state index in [4.69, 9.17) is 4.42 Å².